The van der Waals surface area contributed by atoms with Crippen LogP contribution in [-0.4, -0.2) is 54.4 Å². The molecule has 0 bridgehead atoms. The van der Waals surface area contributed by atoms with E-state index in [0.717, 1.165) is 38.9 Å². The molecule has 106 valence electrons. The van der Waals surface area contributed by atoms with Crippen molar-refractivity contribution in [1.82, 2.24) is 9.80 Å². The topological polar surface area (TPSA) is 49.6 Å². The molecule has 1 unspecified atom stereocenters. The van der Waals surface area contributed by atoms with Crippen LogP contribution in [0.3, 0.4) is 0 Å². The Morgan fingerprint density at radius 3 is 2.28 bits per heavy atom. The largest absolute Gasteiger partial charge is 0.393 e. The third-order valence-electron chi connectivity index (χ3n) is 2.95. The summed E-state index contributed by atoms with van der Waals surface area (Å²) in [5.41, 5.74) is 5.67. The molecule has 0 saturated carbocycles. The lowest BCUT2D eigenvalue weighted by molar-refractivity contribution is -0.133. The average molecular weight is 273 g/mol. The molecule has 18 heavy (non-hydrogen) atoms. The second kappa shape index (κ2) is 9.28. The van der Waals surface area contributed by atoms with Crippen molar-refractivity contribution in [3.63, 3.8) is 0 Å². The van der Waals surface area contributed by atoms with E-state index in [-0.39, 0.29) is 11.8 Å². The first-order chi connectivity index (χ1) is 8.43. The molecule has 5 heteroatoms. The molecule has 0 radical (unpaired) electrons. The van der Waals surface area contributed by atoms with Crippen molar-refractivity contribution in [2.24, 2.45) is 11.7 Å². The van der Waals surface area contributed by atoms with Gasteiger partial charge in [-0.1, -0.05) is 25.6 Å². The maximum atomic E-state index is 12.3. The first kappa shape index (κ1) is 17.3. The van der Waals surface area contributed by atoms with Gasteiger partial charge in [-0.2, -0.15) is 0 Å². The summed E-state index contributed by atoms with van der Waals surface area (Å²) < 4.78 is 0. The fourth-order valence-corrected chi connectivity index (χ4v) is 2.12. The second-order valence-corrected chi connectivity index (χ2v) is 5.29. The minimum Gasteiger partial charge on any atom is -0.393 e. The molecule has 0 aromatic rings. The smallest absolute Gasteiger partial charge is 0.232 e. The van der Waals surface area contributed by atoms with E-state index in [0.29, 0.717) is 4.99 Å². The molecular weight excluding hydrogens is 246 g/mol. The van der Waals surface area contributed by atoms with Crippen LogP contribution in [0.2, 0.25) is 0 Å². The monoisotopic (exact) mass is 273 g/mol. The Bertz CT molecular complexity index is 269. The van der Waals surface area contributed by atoms with Crippen LogP contribution in [0.4, 0.5) is 0 Å². The van der Waals surface area contributed by atoms with E-state index in [1.807, 2.05) is 32.8 Å². The summed E-state index contributed by atoms with van der Waals surface area (Å²) in [6, 6.07) is 0. The number of nitrogens with zero attached hydrogens (tertiary/aromatic N) is 2. The fraction of sp³-hybridized carbons (Fsp3) is 0.846. The van der Waals surface area contributed by atoms with Crippen LogP contribution >= 0.6 is 12.2 Å². The molecule has 0 rings (SSSR count). The number of carbonyl (C=O) groups is 1. The van der Waals surface area contributed by atoms with Crippen LogP contribution < -0.4 is 5.73 Å². The molecule has 0 aromatic heterocycles. The molecule has 0 heterocycles. The normalized spacial score (nSPS) is 12.5. The number of nitrogens with two attached hydrogens (primary N) is 1. The Morgan fingerprint density at radius 2 is 1.89 bits per heavy atom. The highest BCUT2D eigenvalue weighted by Crippen LogP contribution is 2.11. The molecule has 0 aliphatic rings. The van der Waals surface area contributed by atoms with Gasteiger partial charge in [-0.05, 0) is 40.4 Å². The van der Waals surface area contributed by atoms with E-state index in [1.54, 1.807) is 0 Å². The van der Waals surface area contributed by atoms with E-state index in [9.17, 15) is 4.79 Å². The quantitative estimate of drug-likeness (QED) is 0.647. The molecule has 1 amide bonds. The van der Waals surface area contributed by atoms with Crippen LogP contribution in [0.1, 0.15) is 33.1 Å². The lowest BCUT2D eigenvalue weighted by Crippen LogP contribution is -2.42. The summed E-state index contributed by atoms with van der Waals surface area (Å²) >= 11 is 5.00. The van der Waals surface area contributed by atoms with Crippen molar-refractivity contribution in [3.8, 4) is 0 Å². The number of hydrogen-bond acceptors (Lipinski definition) is 3. The number of hydrogen-bond donors (Lipinski definition) is 1. The van der Waals surface area contributed by atoms with Crippen molar-refractivity contribution in [2.45, 2.75) is 33.1 Å². The SMILES string of the molecule is CCCC(C(=O)N(CC)CCCN(C)C)C(N)=S. The minimum atomic E-state index is -0.288. The molecule has 1 atom stereocenters. The van der Waals surface area contributed by atoms with Gasteiger partial charge in [0.2, 0.25) is 5.91 Å². The molecular formula is C13H27N3OS. The Kier molecular flexibility index (Phi) is 8.93. The van der Waals surface area contributed by atoms with Gasteiger partial charge in [0.25, 0.3) is 0 Å². The van der Waals surface area contributed by atoms with Gasteiger partial charge < -0.3 is 15.5 Å². The maximum Gasteiger partial charge on any atom is 0.232 e. The van der Waals surface area contributed by atoms with E-state index in [4.69, 9.17) is 18.0 Å². The summed E-state index contributed by atoms with van der Waals surface area (Å²) in [4.78, 5) is 16.6. The third kappa shape index (κ3) is 6.31. The maximum absolute atomic E-state index is 12.3. The molecule has 0 saturated heterocycles. The fourth-order valence-electron chi connectivity index (χ4n) is 1.90. The molecule has 0 aliphatic carbocycles. The van der Waals surface area contributed by atoms with Gasteiger partial charge >= 0.3 is 0 Å². The van der Waals surface area contributed by atoms with E-state index in [2.05, 4.69) is 4.90 Å². The highest BCUT2D eigenvalue weighted by Gasteiger charge is 2.24. The Hall–Kier alpha value is -0.680. The van der Waals surface area contributed by atoms with Crippen LogP contribution in [0.15, 0.2) is 0 Å². The number of carbonyl (C=O) groups excluding carboxylic acids is 1. The van der Waals surface area contributed by atoms with Crippen molar-refractivity contribution in [2.75, 3.05) is 33.7 Å². The van der Waals surface area contributed by atoms with Gasteiger partial charge in [0.15, 0.2) is 0 Å². The molecule has 0 spiro atoms. The van der Waals surface area contributed by atoms with Gasteiger partial charge in [0, 0.05) is 13.1 Å². The van der Waals surface area contributed by atoms with E-state index < -0.39 is 0 Å². The minimum absolute atomic E-state index is 0.0885. The zero-order chi connectivity index (χ0) is 14.1. The van der Waals surface area contributed by atoms with Gasteiger partial charge in [-0.15, -0.1) is 0 Å². The summed E-state index contributed by atoms with van der Waals surface area (Å²) in [6.45, 7) is 6.51. The molecule has 0 fully saturated rings. The highest BCUT2D eigenvalue weighted by atomic mass is 32.1. The average Bonchev–Trinajstić information content (AvgIpc) is 2.30. The zero-order valence-corrected chi connectivity index (χ0v) is 12.9. The predicted molar refractivity (Wildman–Crippen MR) is 80.6 cm³/mol. The van der Waals surface area contributed by atoms with Crippen molar-refractivity contribution < 1.29 is 4.79 Å². The Labute approximate surface area is 116 Å². The molecule has 0 aromatic carbocycles. The molecule has 0 aliphatic heterocycles. The second-order valence-electron chi connectivity index (χ2n) is 4.82. The first-order valence-corrected chi connectivity index (χ1v) is 7.07. The Balaban J connectivity index is 4.42. The molecule has 2 N–H and O–H groups in total. The lowest BCUT2D eigenvalue weighted by Gasteiger charge is -2.26. The molecule has 4 nitrogen and oxygen atoms in total. The standard InChI is InChI=1S/C13H27N3OS/c1-5-8-11(12(14)18)13(17)16(6-2)10-7-9-15(3)4/h11H,5-10H2,1-4H3,(H2,14,18). The predicted octanol–water partition coefficient (Wildman–Crippen LogP) is 1.49. The number of rotatable bonds is 9. The van der Waals surface area contributed by atoms with E-state index in [1.165, 1.54) is 0 Å². The van der Waals surface area contributed by atoms with Crippen LogP contribution in [0.5, 0.6) is 0 Å². The van der Waals surface area contributed by atoms with Gasteiger partial charge in [0.1, 0.15) is 0 Å². The van der Waals surface area contributed by atoms with Crippen LogP contribution in [-0.2, 0) is 4.79 Å². The highest BCUT2D eigenvalue weighted by molar-refractivity contribution is 7.80. The van der Waals surface area contributed by atoms with E-state index >= 15 is 0 Å². The Morgan fingerprint density at radius 1 is 1.28 bits per heavy atom. The third-order valence-corrected chi connectivity index (χ3v) is 3.23. The van der Waals surface area contributed by atoms with Crippen LogP contribution in [0, 0.1) is 5.92 Å². The number of thiocarbonyl (C=S) groups is 1. The summed E-state index contributed by atoms with van der Waals surface area (Å²) in [6.07, 6.45) is 2.64. The van der Waals surface area contributed by atoms with Crippen molar-refractivity contribution in [1.29, 1.82) is 0 Å². The number of amides is 1. The summed E-state index contributed by atoms with van der Waals surface area (Å²) in [7, 11) is 4.07. The first-order valence-electron chi connectivity index (χ1n) is 6.66. The summed E-state index contributed by atoms with van der Waals surface area (Å²) in [5, 5.41) is 0. The van der Waals surface area contributed by atoms with Gasteiger partial charge in [-0.3, -0.25) is 4.79 Å². The lowest BCUT2D eigenvalue weighted by atomic mass is 10.0. The summed E-state index contributed by atoms with van der Waals surface area (Å²) in [5.74, 6) is -0.199. The van der Waals surface area contributed by atoms with Gasteiger partial charge in [-0.25, -0.2) is 0 Å². The van der Waals surface area contributed by atoms with Crippen molar-refractivity contribution in [3.05, 3.63) is 0 Å². The van der Waals surface area contributed by atoms with Crippen molar-refractivity contribution >= 4 is 23.1 Å². The zero-order valence-electron chi connectivity index (χ0n) is 12.1. The van der Waals surface area contributed by atoms with Gasteiger partial charge in [0.05, 0.1) is 10.9 Å². The van der Waals surface area contributed by atoms with Crippen LogP contribution in [0.25, 0.3) is 0 Å².